The Morgan fingerprint density at radius 2 is 1.90 bits per heavy atom. The molecule has 0 unspecified atom stereocenters. The van der Waals surface area contributed by atoms with Crippen LogP contribution in [0.2, 0.25) is 0 Å². The molecule has 0 aromatic rings. The van der Waals surface area contributed by atoms with Crippen LogP contribution in [0, 0.1) is 4.91 Å². The number of hydrogen-bond donors (Lipinski definition) is 2. The fraction of sp³-hybridized carbons (Fsp3) is 0. The first-order valence-electron chi connectivity index (χ1n) is 2.43. The molecular formula is C4H5N3O3. The van der Waals surface area contributed by atoms with Gasteiger partial charge < -0.3 is 0 Å². The number of hydroxylamine groups is 4. The van der Waals surface area contributed by atoms with Gasteiger partial charge in [0.25, 0.3) is 0 Å². The lowest BCUT2D eigenvalue weighted by Crippen LogP contribution is -2.16. The number of rotatable bonds is 1. The smallest absolute Gasteiger partial charge is 0.184 e. The van der Waals surface area contributed by atoms with E-state index in [4.69, 9.17) is 10.4 Å². The van der Waals surface area contributed by atoms with Crippen molar-refractivity contribution in [2.75, 3.05) is 0 Å². The first-order valence-corrected chi connectivity index (χ1v) is 2.43. The van der Waals surface area contributed by atoms with Gasteiger partial charge in [0.2, 0.25) is 0 Å². The number of nitroso groups, excluding NO2 is 1. The normalized spacial score (nSPS) is 16.4. The summed E-state index contributed by atoms with van der Waals surface area (Å²) in [4.78, 5) is 9.62. The highest BCUT2D eigenvalue weighted by Crippen LogP contribution is 2.13. The highest BCUT2D eigenvalue weighted by molar-refractivity contribution is 5.07. The lowest BCUT2D eigenvalue weighted by molar-refractivity contribution is -0.0800. The molecule has 0 fully saturated rings. The van der Waals surface area contributed by atoms with Crippen molar-refractivity contribution in [1.82, 2.24) is 10.1 Å². The van der Waals surface area contributed by atoms with Crippen LogP contribution < -0.4 is 0 Å². The van der Waals surface area contributed by atoms with Crippen LogP contribution in [-0.4, -0.2) is 20.5 Å². The molecule has 1 aliphatic rings. The van der Waals surface area contributed by atoms with Gasteiger partial charge in [0.1, 0.15) is 6.20 Å². The molecule has 6 nitrogen and oxygen atoms in total. The summed E-state index contributed by atoms with van der Waals surface area (Å²) >= 11 is 0. The van der Waals surface area contributed by atoms with Crippen molar-refractivity contribution in [3.8, 4) is 0 Å². The summed E-state index contributed by atoms with van der Waals surface area (Å²) < 4.78 is 0. The fourth-order valence-electron chi connectivity index (χ4n) is 0.549. The molecule has 1 rings (SSSR count). The van der Waals surface area contributed by atoms with Gasteiger partial charge in [-0.05, 0) is 5.18 Å². The summed E-state index contributed by atoms with van der Waals surface area (Å²) in [6.45, 7) is 0. The van der Waals surface area contributed by atoms with Crippen LogP contribution in [0.1, 0.15) is 0 Å². The van der Waals surface area contributed by atoms with E-state index in [1.54, 1.807) is 0 Å². The van der Waals surface area contributed by atoms with Crippen LogP contribution in [-0.2, 0) is 0 Å². The van der Waals surface area contributed by atoms with Crippen LogP contribution in [0.5, 0.6) is 0 Å². The highest BCUT2D eigenvalue weighted by atomic mass is 16.5. The van der Waals surface area contributed by atoms with Gasteiger partial charge >= 0.3 is 0 Å². The van der Waals surface area contributed by atoms with Gasteiger partial charge in [-0.3, -0.25) is 10.4 Å². The molecule has 0 aromatic carbocycles. The third kappa shape index (κ3) is 0.971. The monoisotopic (exact) mass is 143 g/mol. The maximum Gasteiger partial charge on any atom is 0.184 e. The second-order valence-electron chi connectivity index (χ2n) is 1.58. The lowest BCUT2D eigenvalue weighted by atomic mass is 10.7. The van der Waals surface area contributed by atoms with E-state index in [0.29, 0.717) is 10.1 Å². The van der Waals surface area contributed by atoms with Crippen LogP contribution in [0.3, 0.4) is 0 Å². The average molecular weight is 143 g/mol. The third-order valence-corrected chi connectivity index (χ3v) is 0.987. The van der Waals surface area contributed by atoms with Crippen LogP contribution in [0.4, 0.5) is 0 Å². The number of hydrogen-bond acceptors (Lipinski definition) is 6. The topological polar surface area (TPSA) is 76.4 Å². The van der Waals surface area contributed by atoms with Crippen LogP contribution in [0.25, 0.3) is 0 Å². The zero-order valence-electron chi connectivity index (χ0n) is 4.88. The van der Waals surface area contributed by atoms with E-state index in [1.165, 1.54) is 0 Å². The third-order valence-electron chi connectivity index (χ3n) is 0.987. The highest BCUT2D eigenvalue weighted by Gasteiger charge is 2.15. The Morgan fingerprint density at radius 1 is 1.40 bits per heavy atom. The summed E-state index contributed by atoms with van der Waals surface area (Å²) in [7, 11) is 0. The van der Waals surface area contributed by atoms with Crippen molar-refractivity contribution in [3.63, 3.8) is 0 Å². The Morgan fingerprint density at radius 3 is 2.30 bits per heavy atom. The molecule has 0 radical (unpaired) electrons. The quantitative estimate of drug-likeness (QED) is 0.520. The van der Waals surface area contributed by atoms with Crippen LogP contribution >= 0.6 is 0 Å². The van der Waals surface area contributed by atoms with Gasteiger partial charge in [-0.2, -0.15) is 0 Å². The van der Waals surface area contributed by atoms with Crippen molar-refractivity contribution < 1.29 is 10.4 Å². The molecule has 0 atom stereocenters. The van der Waals surface area contributed by atoms with E-state index >= 15 is 0 Å². The molecule has 0 aliphatic carbocycles. The molecule has 0 saturated carbocycles. The zero-order valence-corrected chi connectivity index (χ0v) is 4.88. The molecule has 10 heavy (non-hydrogen) atoms. The van der Waals surface area contributed by atoms with Crippen molar-refractivity contribution in [3.05, 3.63) is 29.3 Å². The van der Waals surface area contributed by atoms with E-state index in [1.807, 2.05) is 0 Å². The predicted octanol–water partition coefficient (Wildman–Crippen LogP) is 0.419. The minimum atomic E-state index is -0.102. The Hall–Kier alpha value is -1.40. The maximum absolute atomic E-state index is 9.62. The molecule has 0 saturated heterocycles. The SMILES string of the molecule is O=NC=C1N(O)C=CN1O. The standard InChI is InChI=1S/C4H5N3O3/c8-5-3-4-6(9)1-2-7(4)10/h1-3,9-10H. The second-order valence-corrected chi connectivity index (χ2v) is 1.58. The minimum absolute atomic E-state index is 0.102. The molecule has 0 amide bonds. The van der Waals surface area contributed by atoms with E-state index in [0.717, 1.165) is 18.6 Å². The first-order chi connectivity index (χ1) is 4.75. The van der Waals surface area contributed by atoms with Crippen molar-refractivity contribution in [2.24, 2.45) is 5.18 Å². The molecule has 6 heteroatoms. The Labute approximate surface area is 56.2 Å². The van der Waals surface area contributed by atoms with Gasteiger partial charge in [-0.15, -0.1) is 4.91 Å². The predicted molar refractivity (Wildman–Crippen MR) is 30.3 cm³/mol. The largest absolute Gasteiger partial charge is 0.282 e. The van der Waals surface area contributed by atoms with Crippen molar-refractivity contribution in [1.29, 1.82) is 0 Å². The fourth-order valence-corrected chi connectivity index (χ4v) is 0.549. The summed E-state index contributed by atoms with van der Waals surface area (Å²) in [5.74, 6) is -0.102. The van der Waals surface area contributed by atoms with Crippen LogP contribution in [0.15, 0.2) is 29.6 Å². The first kappa shape index (κ1) is 6.72. The molecule has 0 aromatic heterocycles. The van der Waals surface area contributed by atoms with Crippen molar-refractivity contribution in [2.45, 2.75) is 0 Å². The maximum atomic E-state index is 9.62. The van der Waals surface area contributed by atoms with Crippen molar-refractivity contribution >= 4 is 0 Å². The lowest BCUT2D eigenvalue weighted by Gasteiger charge is -2.11. The van der Waals surface area contributed by atoms with E-state index < -0.39 is 0 Å². The Bertz CT molecular complexity index is 186. The van der Waals surface area contributed by atoms with E-state index in [-0.39, 0.29) is 5.82 Å². The Balaban J connectivity index is 2.78. The summed E-state index contributed by atoms with van der Waals surface area (Å²) in [6, 6.07) is 0. The van der Waals surface area contributed by atoms with Gasteiger partial charge in [-0.1, -0.05) is 0 Å². The van der Waals surface area contributed by atoms with E-state index in [9.17, 15) is 4.91 Å². The molecule has 0 bridgehead atoms. The number of nitrogens with zero attached hydrogens (tertiary/aromatic N) is 3. The summed E-state index contributed by atoms with van der Waals surface area (Å²) in [5, 5.41) is 21.0. The van der Waals surface area contributed by atoms with Gasteiger partial charge in [0, 0.05) is 0 Å². The summed E-state index contributed by atoms with van der Waals surface area (Å²) in [6.07, 6.45) is 3.11. The molecule has 2 N–H and O–H groups in total. The Kier molecular flexibility index (Phi) is 1.65. The van der Waals surface area contributed by atoms with E-state index in [2.05, 4.69) is 5.18 Å². The second kappa shape index (κ2) is 2.46. The van der Waals surface area contributed by atoms with Gasteiger partial charge in [0.15, 0.2) is 5.82 Å². The molecule has 54 valence electrons. The molecule has 0 spiro atoms. The minimum Gasteiger partial charge on any atom is -0.282 e. The summed E-state index contributed by atoms with van der Waals surface area (Å²) in [5.41, 5.74) is 0. The van der Waals surface area contributed by atoms with Gasteiger partial charge in [0.05, 0.1) is 12.4 Å². The van der Waals surface area contributed by atoms with Gasteiger partial charge in [-0.25, -0.2) is 10.1 Å². The molecule has 1 aliphatic heterocycles. The average Bonchev–Trinajstić information content (AvgIpc) is 2.20. The molecular weight excluding hydrogens is 138 g/mol. The zero-order chi connectivity index (χ0) is 7.56. The molecule has 1 heterocycles.